The Morgan fingerprint density at radius 3 is 2.28 bits per heavy atom. The van der Waals surface area contributed by atoms with Crippen molar-refractivity contribution in [3.05, 3.63) is 78.6 Å². The number of aromatic amines is 1. The van der Waals surface area contributed by atoms with Gasteiger partial charge in [-0.25, -0.2) is 0 Å². The predicted octanol–water partition coefficient (Wildman–Crippen LogP) is 5.09. The average molecular weight is 438 g/mol. The van der Waals surface area contributed by atoms with Gasteiger partial charge in [0.1, 0.15) is 5.02 Å². The minimum atomic E-state index is -0.755. The summed E-state index contributed by atoms with van der Waals surface area (Å²) in [6.45, 7) is 0. The predicted molar refractivity (Wildman–Crippen MR) is 115 cm³/mol. The molecule has 11 heteroatoms. The fraction of sp³-hybridized carbons (Fsp3) is 0.111. The van der Waals surface area contributed by atoms with Gasteiger partial charge in [-0.2, -0.15) is 0 Å². The first kappa shape index (κ1) is 22.0. The van der Waals surface area contributed by atoms with Crippen LogP contribution >= 0.6 is 23.2 Å². The molecule has 29 heavy (non-hydrogen) atoms. The smallest absolute Gasteiger partial charge is 0.294 e. The molecule has 0 aliphatic carbocycles. The minimum absolute atomic E-state index is 0.135. The second-order valence-corrected chi connectivity index (χ2v) is 6.91. The number of nitro benzene ring substituents is 2. The molecular weight excluding hydrogens is 421 g/mol. The maximum absolute atomic E-state index is 10.8. The lowest BCUT2D eigenvalue weighted by Gasteiger charge is -2.04. The van der Waals surface area contributed by atoms with Gasteiger partial charge in [0.2, 0.25) is 0 Å². The van der Waals surface area contributed by atoms with Crippen LogP contribution in [0.1, 0.15) is 5.56 Å². The quantitative estimate of drug-likeness (QED) is 0.331. The molecule has 0 spiro atoms. The molecule has 0 aliphatic heterocycles. The second kappa shape index (κ2) is 9.26. The fourth-order valence-electron chi connectivity index (χ4n) is 2.32. The third-order valence-electron chi connectivity index (χ3n) is 3.71. The van der Waals surface area contributed by atoms with Gasteiger partial charge >= 0.3 is 0 Å². The van der Waals surface area contributed by atoms with Crippen LogP contribution in [-0.2, 0) is 0 Å². The zero-order valence-electron chi connectivity index (χ0n) is 15.4. The molecule has 152 valence electrons. The van der Waals surface area contributed by atoms with E-state index in [1.807, 2.05) is 24.4 Å². The van der Waals surface area contributed by atoms with Crippen molar-refractivity contribution in [2.45, 2.75) is 0 Å². The summed E-state index contributed by atoms with van der Waals surface area (Å²) in [4.78, 5) is 24.8. The average Bonchev–Trinajstić information content (AvgIpc) is 3.07. The Hall–Kier alpha value is -3.30. The standard InChI is InChI=1S/C10H10ClN3O4.C8H7ClN2/c1-12(2)4-3-7-5-8(11)10(14(17)18)6-9(7)13(15)16;9-6-3-5-1-2-11-8(5)4-7(6)10/h3-6H,1-2H3;1-4,11H,10H2/b4-3+;. The highest BCUT2D eigenvalue weighted by atomic mass is 35.5. The summed E-state index contributed by atoms with van der Waals surface area (Å²) >= 11 is 11.5. The van der Waals surface area contributed by atoms with Gasteiger partial charge < -0.3 is 15.6 Å². The van der Waals surface area contributed by atoms with Crippen LogP contribution in [0.25, 0.3) is 17.0 Å². The molecule has 0 amide bonds. The van der Waals surface area contributed by atoms with Crippen molar-refractivity contribution in [2.75, 3.05) is 19.8 Å². The maximum Gasteiger partial charge on any atom is 0.294 e. The van der Waals surface area contributed by atoms with E-state index in [4.69, 9.17) is 28.9 Å². The van der Waals surface area contributed by atoms with E-state index >= 15 is 0 Å². The summed E-state index contributed by atoms with van der Waals surface area (Å²) in [5.74, 6) is 0. The van der Waals surface area contributed by atoms with Crippen molar-refractivity contribution in [1.82, 2.24) is 9.88 Å². The summed E-state index contributed by atoms with van der Waals surface area (Å²) in [7, 11) is 3.49. The first-order chi connectivity index (χ1) is 13.6. The zero-order valence-corrected chi connectivity index (χ0v) is 16.9. The molecule has 3 N–H and O–H groups in total. The number of nitrogen functional groups attached to an aromatic ring is 1. The van der Waals surface area contributed by atoms with E-state index in [2.05, 4.69) is 4.98 Å². The van der Waals surface area contributed by atoms with Crippen LogP contribution in [-0.4, -0.2) is 33.8 Å². The van der Waals surface area contributed by atoms with Gasteiger partial charge in [0.15, 0.2) is 0 Å². The molecular formula is C18H17Cl2N5O4. The van der Waals surface area contributed by atoms with E-state index in [-0.39, 0.29) is 16.3 Å². The highest BCUT2D eigenvalue weighted by Gasteiger charge is 2.22. The minimum Gasteiger partial charge on any atom is -0.397 e. The second-order valence-electron chi connectivity index (χ2n) is 6.09. The molecule has 0 saturated heterocycles. The van der Waals surface area contributed by atoms with Crippen molar-refractivity contribution in [3.8, 4) is 0 Å². The summed E-state index contributed by atoms with van der Waals surface area (Å²) in [5.41, 5.74) is 6.60. The molecule has 0 aliphatic rings. The van der Waals surface area contributed by atoms with E-state index in [1.54, 1.807) is 25.2 Å². The number of fused-ring (bicyclic) bond motifs is 1. The lowest BCUT2D eigenvalue weighted by Crippen LogP contribution is -2.01. The van der Waals surface area contributed by atoms with Crippen LogP contribution in [0.15, 0.2) is 42.7 Å². The van der Waals surface area contributed by atoms with Gasteiger partial charge in [-0.05, 0) is 36.5 Å². The SMILES string of the molecule is CN(C)/C=C/c1cc(Cl)c([N+](=O)[O-])cc1[N+](=O)[O-].Nc1cc2[nH]ccc2cc1Cl. The van der Waals surface area contributed by atoms with E-state index < -0.39 is 15.5 Å². The molecule has 0 fully saturated rings. The first-order valence-electron chi connectivity index (χ1n) is 8.09. The molecule has 0 atom stereocenters. The van der Waals surface area contributed by atoms with Crippen molar-refractivity contribution in [2.24, 2.45) is 0 Å². The molecule has 3 rings (SSSR count). The Bertz CT molecular complexity index is 1060. The Balaban J connectivity index is 0.000000230. The van der Waals surface area contributed by atoms with Crippen LogP contribution in [0.2, 0.25) is 10.0 Å². The van der Waals surface area contributed by atoms with E-state index in [9.17, 15) is 20.2 Å². The third-order valence-corrected chi connectivity index (χ3v) is 4.34. The largest absolute Gasteiger partial charge is 0.397 e. The topological polar surface area (TPSA) is 131 Å². The Labute approximate surface area is 175 Å². The number of anilines is 1. The van der Waals surface area contributed by atoms with Crippen molar-refractivity contribution >= 4 is 57.2 Å². The molecule has 2 aromatic carbocycles. The highest BCUT2D eigenvalue weighted by Crippen LogP contribution is 2.33. The lowest BCUT2D eigenvalue weighted by atomic mass is 10.1. The molecule has 1 aromatic heterocycles. The Morgan fingerprint density at radius 1 is 1.03 bits per heavy atom. The Kier molecular flexibility index (Phi) is 7.03. The van der Waals surface area contributed by atoms with Gasteiger partial charge in [0.25, 0.3) is 11.4 Å². The number of rotatable bonds is 4. The van der Waals surface area contributed by atoms with Crippen LogP contribution in [0.3, 0.4) is 0 Å². The molecule has 0 unspecified atom stereocenters. The van der Waals surface area contributed by atoms with Gasteiger partial charge in [0.05, 0.1) is 32.2 Å². The molecule has 3 aromatic rings. The van der Waals surface area contributed by atoms with Crippen molar-refractivity contribution < 1.29 is 9.85 Å². The van der Waals surface area contributed by atoms with Crippen molar-refractivity contribution in [1.29, 1.82) is 0 Å². The number of nitrogens with zero attached hydrogens (tertiary/aromatic N) is 3. The number of nitro groups is 2. The van der Waals surface area contributed by atoms with E-state index in [1.165, 1.54) is 12.1 Å². The van der Waals surface area contributed by atoms with Gasteiger partial charge in [-0.15, -0.1) is 0 Å². The third kappa shape index (κ3) is 5.59. The van der Waals surface area contributed by atoms with Crippen LogP contribution in [0, 0.1) is 20.2 Å². The van der Waals surface area contributed by atoms with Gasteiger partial charge in [-0.1, -0.05) is 23.2 Å². The maximum atomic E-state index is 10.8. The number of halogens is 2. The first-order valence-corrected chi connectivity index (χ1v) is 8.84. The van der Waals surface area contributed by atoms with Crippen LogP contribution < -0.4 is 5.73 Å². The lowest BCUT2D eigenvalue weighted by molar-refractivity contribution is -0.394. The number of H-pyrrole nitrogens is 1. The molecule has 0 radical (unpaired) electrons. The normalized spacial score (nSPS) is 10.6. The summed E-state index contributed by atoms with van der Waals surface area (Å²) in [5, 5.41) is 23.1. The van der Waals surface area contributed by atoms with Crippen molar-refractivity contribution in [3.63, 3.8) is 0 Å². The zero-order chi connectivity index (χ0) is 21.7. The number of hydrogen-bond acceptors (Lipinski definition) is 6. The number of nitrogens with one attached hydrogen (secondary N) is 1. The van der Waals surface area contributed by atoms with E-state index in [0.29, 0.717) is 10.7 Å². The van der Waals surface area contributed by atoms with E-state index in [0.717, 1.165) is 17.0 Å². The molecule has 0 bridgehead atoms. The fourth-order valence-corrected chi connectivity index (χ4v) is 2.73. The molecule has 9 nitrogen and oxygen atoms in total. The summed E-state index contributed by atoms with van der Waals surface area (Å²) in [6.07, 6.45) is 4.92. The summed E-state index contributed by atoms with van der Waals surface area (Å²) < 4.78 is 0. The molecule has 0 saturated carbocycles. The number of nitrogens with two attached hydrogens (primary N) is 1. The van der Waals surface area contributed by atoms with Gasteiger partial charge in [-0.3, -0.25) is 20.2 Å². The highest BCUT2D eigenvalue weighted by molar-refractivity contribution is 6.34. The Morgan fingerprint density at radius 2 is 1.69 bits per heavy atom. The van der Waals surface area contributed by atoms with Crippen LogP contribution in [0.5, 0.6) is 0 Å². The van der Waals surface area contributed by atoms with Crippen LogP contribution in [0.4, 0.5) is 17.1 Å². The number of hydrogen-bond donors (Lipinski definition) is 2. The monoisotopic (exact) mass is 437 g/mol. The number of aromatic nitrogens is 1. The number of benzene rings is 2. The van der Waals surface area contributed by atoms with Gasteiger partial charge in [0, 0.05) is 31.2 Å². The molecule has 1 heterocycles. The summed E-state index contributed by atoms with van der Waals surface area (Å²) in [6, 6.07) is 7.70.